The smallest absolute Gasteiger partial charge is 0.0848 e. The molecule has 0 aliphatic heterocycles. The zero-order valence-electron chi connectivity index (χ0n) is 12.9. The van der Waals surface area contributed by atoms with Crippen LogP contribution in [0.2, 0.25) is 0 Å². The van der Waals surface area contributed by atoms with Crippen molar-refractivity contribution >= 4 is 0 Å². The maximum absolute atomic E-state index is 5.81. The number of ether oxygens (including phenoxy) is 2. The average molecular weight is 284 g/mol. The Morgan fingerprint density at radius 3 is 2.29 bits per heavy atom. The van der Waals surface area contributed by atoms with Crippen molar-refractivity contribution in [1.29, 1.82) is 0 Å². The molecular weight excluding hydrogens is 260 g/mol. The van der Waals surface area contributed by atoms with E-state index in [0.29, 0.717) is 19.8 Å². The molecule has 0 unspecified atom stereocenters. The fourth-order valence-corrected chi connectivity index (χ4v) is 2.27. The molecule has 2 aromatic carbocycles. The molecule has 2 rings (SSSR count). The quantitative estimate of drug-likeness (QED) is 0.724. The summed E-state index contributed by atoms with van der Waals surface area (Å²) in [6.45, 7) is 6.10. The lowest BCUT2D eigenvalue weighted by Crippen LogP contribution is -2.22. The Kier molecular flexibility index (Phi) is 6.45. The molecule has 0 aliphatic carbocycles. The molecule has 2 heteroatoms. The van der Waals surface area contributed by atoms with E-state index in [1.807, 2.05) is 25.1 Å². The molecule has 21 heavy (non-hydrogen) atoms. The molecule has 0 saturated heterocycles. The van der Waals surface area contributed by atoms with Crippen LogP contribution in [0.5, 0.6) is 0 Å². The fraction of sp³-hybridized carbons (Fsp3) is 0.368. The first-order chi connectivity index (χ1) is 10.3. The van der Waals surface area contributed by atoms with E-state index < -0.39 is 0 Å². The van der Waals surface area contributed by atoms with Crippen molar-refractivity contribution in [2.75, 3.05) is 13.2 Å². The number of hydrogen-bond acceptors (Lipinski definition) is 2. The lowest BCUT2D eigenvalue weighted by Gasteiger charge is -2.17. The van der Waals surface area contributed by atoms with E-state index in [1.165, 1.54) is 16.7 Å². The Labute approximate surface area is 127 Å². The van der Waals surface area contributed by atoms with Gasteiger partial charge in [-0.05, 0) is 25.0 Å². The van der Waals surface area contributed by atoms with Gasteiger partial charge in [-0.2, -0.15) is 0 Å². The van der Waals surface area contributed by atoms with Crippen LogP contribution >= 0.6 is 0 Å². The summed E-state index contributed by atoms with van der Waals surface area (Å²) in [4.78, 5) is 0. The van der Waals surface area contributed by atoms with Crippen molar-refractivity contribution in [3.8, 4) is 0 Å². The molecule has 0 aromatic heterocycles. The van der Waals surface area contributed by atoms with Crippen LogP contribution in [-0.2, 0) is 22.5 Å². The molecule has 0 spiro atoms. The number of rotatable bonds is 8. The molecule has 0 heterocycles. The fourth-order valence-electron chi connectivity index (χ4n) is 2.27. The summed E-state index contributed by atoms with van der Waals surface area (Å²) >= 11 is 0. The van der Waals surface area contributed by atoms with Gasteiger partial charge in [0.05, 0.1) is 19.3 Å². The Bertz CT molecular complexity index is 505. The lowest BCUT2D eigenvalue weighted by molar-refractivity contribution is -0.0164. The maximum Gasteiger partial charge on any atom is 0.0848 e. The first-order valence-corrected chi connectivity index (χ1v) is 7.56. The Balaban J connectivity index is 1.82. The molecule has 112 valence electrons. The zero-order chi connectivity index (χ0) is 14.9. The van der Waals surface area contributed by atoms with Gasteiger partial charge in [0.1, 0.15) is 0 Å². The van der Waals surface area contributed by atoms with Crippen LogP contribution < -0.4 is 0 Å². The number of aryl methyl sites for hydroxylation is 1. The van der Waals surface area contributed by atoms with E-state index >= 15 is 0 Å². The van der Waals surface area contributed by atoms with Crippen LogP contribution in [0.1, 0.15) is 23.6 Å². The van der Waals surface area contributed by atoms with Crippen LogP contribution in [0.15, 0.2) is 54.6 Å². The second-order valence-corrected chi connectivity index (χ2v) is 5.27. The molecule has 0 bridgehead atoms. The Morgan fingerprint density at radius 2 is 1.62 bits per heavy atom. The van der Waals surface area contributed by atoms with Crippen molar-refractivity contribution in [2.24, 2.45) is 0 Å². The van der Waals surface area contributed by atoms with Crippen LogP contribution in [0.3, 0.4) is 0 Å². The highest BCUT2D eigenvalue weighted by Crippen LogP contribution is 2.10. The first-order valence-electron chi connectivity index (χ1n) is 7.56. The standard InChI is InChI=1S/C19H24O2/c1-3-21-19(13-17-11-9-16(2)10-12-17)15-20-14-18-7-5-4-6-8-18/h4-12,19H,3,13-15H2,1-2H3/t19-/m0/s1. The SMILES string of the molecule is CCO[C@H](COCc1ccccc1)Cc1ccc(C)cc1. The van der Waals surface area contributed by atoms with Gasteiger partial charge in [0, 0.05) is 13.0 Å². The van der Waals surface area contributed by atoms with Gasteiger partial charge in [0.15, 0.2) is 0 Å². The van der Waals surface area contributed by atoms with Gasteiger partial charge in [-0.1, -0.05) is 60.2 Å². The third-order valence-corrected chi connectivity index (χ3v) is 3.40. The Morgan fingerprint density at radius 1 is 0.905 bits per heavy atom. The summed E-state index contributed by atoms with van der Waals surface area (Å²) in [7, 11) is 0. The minimum Gasteiger partial charge on any atom is -0.376 e. The second-order valence-electron chi connectivity index (χ2n) is 5.27. The van der Waals surface area contributed by atoms with Gasteiger partial charge in [-0.25, -0.2) is 0 Å². The molecular formula is C19H24O2. The average Bonchev–Trinajstić information content (AvgIpc) is 2.51. The predicted molar refractivity (Wildman–Crippen MR) is 86.4 cm³/mol. The highest BCUT2D eigenvalue weighted by atomic mass is 16.5. The van der Waals surface area contributed by atoms with Gasteiger partial charge >= 0.3 is 0 Å². The van der Waals surface area contributed by atoms with E-state index in [-0.39, 0.29) is 6.10 Å². The number of hydrogen-bond donors (Lipinski definition) is 0. The van der Waals surface area contributed by atoms with Crippen molar-refractivity contribution < 1.29 is 9.47 Å². The van der Waals surface area contributed by atoms with Crippen molar-refractivity contribution in [2.45, 2.75) is 33.0 Å². The van der Waals surface area contributed by atoms with Gasteiger partial charge in [-0.15, -0.1) is 0 Å². The topological polar surface area (TPSA) is 18.5 Å². The number of benzene rings is 2. The van der Waals surface area contributed by atoms with E-state index in [0.717, 1.165) is 6.42 Å². The maximum atomic E-state index is 5.81. The molecule has 2 aromatic rings. The van der Waals surface area contributed by atoms with Gasteiger partial charge in [0.25, 0.3) is 0 Å². The van der Waals surface area contributed by atoms with Crippen LogP contribution in [0, 0.1) is 6.92 Å². The van der Waals surface area contributed by atoms with Crippen molar-refractivity contribution in [3.05, 3.63) is 71.3 Å². The van der Waals surface area contributed by atoms with Gasteiger partial charge in [-0.3, -0.25) is 0 Å². The van der Waals surface area contributed by atoms with E-state index in [2.05, 4.69) is 43.3 Å². The molecule has 0 N–H and O–H groups in total. The highest BCUT2D eigenvalue weighted by Gasteiger charge is 2.10. The molecule has 2 nitrogen and oxygen atoms in total. The highest BCUT2D eigenvalue weighted by molar-refractivity contribution is 5.21. The van der Waals surface area contributed by atoms with Crippen LogP contribution in [0.25, 0.3) is 0 Å². The lowest BCUT2D eigenvalue weighted by atomic mass is 10.1. The summed E-state index contributed by atoms with van der Waals surface area (Å²) in [5.41, 5.74) is 3.78. The Hall–Kier alpha value is -1.64. The molecule has 1 atom stereocenters. The monoisotopic (exact) mass is 284 g/mol. The molecule has 0 fully saturated rings. The van der Waals surface area contributed by atoms with Crippen molar-refractivity contribution in [1.82, 2.24) is 0 Å². The third-order valence-electron chi connectivity index (χ3n) is 3.40. The van der Waals surface area contributed by atoms with Crippen molar-refractivity contribution in [3.63, 3.8) is 0 Å². The van der Waals surface area contributed by atoms with E-state index in [4.69, 9.17) is 9.47 Å². The molecule has 0 radical (unpaired) electrons. The van der Waals surface area contributed by atoms with E-state index in [9.17, 15) is 0 Å². The van der Waals surface area contributed by atoms with Crippen LogP contribution in [0.4, 0.5) is 0 Å². The summed E-state index contributed by atoms with van der Waals surface area (Å²) in [6, 6.07) is 18.9. The minimum absolute atomic E-state index is 0.112. The van der Waals surface area contributed by atoms with Crippen LogP contribution in [-0.4, -0.2) is 19.3 Å². The predicted octanol–water partition coefficient (Wildman–Crippen LogP) is 4.16. The largest absolute Gasteiger partial charge is 0.376 e. The molecule has 0 saturated carbocycles. The zero-order valence-corrected chi connectivity index (χ0v) is 12.9. The third kappa shape index (κ3) is 5.70. The molecule has 0 aliphatic rings. The second kappa shape index (κ2) is 8.60. The summed E-state index contributed by atoms with van der Waals surface area (Å²) in [5, 5.41) is 0. The minimum atomic E-state index is 0.112. The molecule has 0 amide bonds. The first kappa shape index (κ1) is 15.7. The normalized spacial score (nSPS) is 12.3. The summed E-state index contributed by atoms with van der Waals surface area (Å²) < 4.78 is 11.6. The van der Waals surface area contributed by atoms with Gasteiger partial charge < -0.3 is 9.47 Å². The van der Waals surface area contributed by atoms with E-state index in [1.54, 1.807) is 0 Å². The summed E-state index contributed by atoms with van der Waals surface area (Å²) in [5.74, 6) is 0. The summed E-state index contributed by atoms with van der Waals surface area (Å²) in [6.07, 6.45) is 1.00. The van der Waals surface area contributed by atoms with Gasteiger partial charge in [0.2, 0.25) is 0 Å².